The van der Waals surface area contributed by atoms with Crippen LogP contribution in [0.4, 0.5) is 5.00 Å². The SMILES string of the molecule is CCc1cnc(CSc2ncc(NC(=O)CCc3ccccc3OC)s2)o1. The number of hydrogen-bond donors (Lipinski definition) is 1. The molecule has 8 heteroatoms. The summed E-state index contributed by atoms with van der Waals surface area (Å²) in [5.74, 6) is 2.96. The lowest BCUT2D eigenvalue weighted by molar-refractivity contribution is -0.116. The van der Waals surface area contributed by atoms with Gasteiger partial charge < -0.3 is 14.5 Å². The number of aromatic nitrogens is 2. The third kappa shape index (κ3) is 5.58. The van der Waals surface area contributed by atoms with Crippen molar-refractivity contribution in [1.29, 1.82) is 0 Å². The van der Waals surface area contributed by atoms with Gasteiger partial charge in [-0.2, -0.15) is 0 Å². The zero-order chi connectivity index (χ0) is 19.1. The van der Waals surface area contributed by atoms with E-state index in [0.717, 1.165) is 32.8 Å². The van der Waals surface area contributed by atoms with Crippen LogP contribution in [0.3, 0.4) is 0 Å². The van der Waals surface area contributed by atoms with Gasteiger partial charge in [0.2, 0.25) is 11.8 Å². The van der Waals surface area contributed by atoms with Crippen molar-refractivity contribution < 1.29 is 13.9 Å². The second-order valence-electron chi connectivity index (χ2n) is 5.71. The van der Waals surface area contributed by atoms with Crippen LogP contribution in [-0.2, 0) is 23.4 Å². The van der Waals surface area contributed by atoms with Crippen molar-refractivity contribution in [1.82, 2.24) is 9.97 Å². The summed E-state index contributed by atoms with van der Waals surface area (Å²) in [4.78, 5) is 20.8. The molecule has 2 heterocycles. The van der Waals surface area contributed by atoms with Gasteiger partial charge in [0.05, 0.1) is 25.3 Å². The lowest BCUT2D eigenvalue weighted by Gasteiger charge is -2.07. The minimum absolute atomic E-state index is 0.0404. The fourth-order valence-electron chi connectivity index (χ4n) is 2.44. The number of methoxy groups -OCH3 is 1. The number of hydrogen-bond acceptors (Lipinski definition) is 7. The van der Waals surface area contributed by atoms with Crippen molar-refractivity contribution in [2.45, 2.75) is 36.3 Å². The molecule has 1 N–H and O–H groups in total. The smallest absolute Gasteiger partial charge is 0.225 e. The molecular formula is C19H21N3O3S2. The highest BCUT2D eigenvalue weighted by Gasteiger charge is 2.10. The highest BCUT2D eigenvalue weighted by molar-refractivity contribution is 8.00. The Hall–Kier alpha value is -2.32. The minimum Gasteiger partial charge on any atom is -0.496 e. The molecule has 0 unspecified atom stereocenters. The van der Waals surface area contributed by atoms with Gasteiger partial charge in [0, 0.05) is 12.8 Å². The molecule has 0 fully saturated rings. The number of thioether (sulfide) groups is 1. The zero-order valence-corrected chi connectivity index (χ0v) is 16.9. The lowest BCUT2D eigenvalue weighted by Crippen LogP contribution is -2.11. The van der Waals surface area contributed by atoms with Gasteiger partial charge in [-0.25, -0.2) is 9.97 Å². The van der Waals surface area contributed by atoms with Gasteiger partial charge in [-0.1, -0.05) is 48.2 Å². The first kappa shape index (κ1) is 19.4. The van der Waals surface area contributed by atoms with Crippen molar-refractivity contribution in [2.24, 2.45) is 0 Å². The van der Waals surface area contributed by atoms with E-state index in [1.807, 2.05) is 31.2 Å². The van der Waals surface area contributed by atoms with E-state index in [0.29, 0.717) is 24.5 Å². The number of nitrogens with zero attached hydrogens (tertiary/aromatic N) is 2. The van der Waals surface area contributed by atoms with E-state index in [1.165, 1.54) is 11.3 Å². The second kappa shape index (κ2) is 9.57. The average Bonchev–Trinajstić information content (AvgIpc) is 3.34. The Labute approximate surface area is 166 Å². The van der Waals surface area contributed by atoms with Crippen molar-refractivity contribution in [3.8, 4) is 5.75 Å². The summed E-state index contributed by atoms with van der Waals surface area (Å²) in [6.07, 6.45) is 5.28. The number of oxazole rings is 1. The van der Waals surface area contributed by atoms with E-state index in [1.54, 1.807) is 31.3 Å². The predicted octanol–water partition coefficient (Wildman–Crippen LogP) is 4.57. The molecule has 0 aliphatic carbocycles. The number of aryl methyl sites for hydroxylation is 2. The zero-order valence-electron chi connectivity index (χ0n) is 15.2. The van der Waals surface area contributed by atoms with Crippen LogP contribution in [0.15, 0.2) is 45.4 Å². The molecule has 2 aromatic heterocycles. The molecule has 6 nitrogen and oxygen atoms in total. The molecule has 1 amide bonds. The van der Waals surface area contributed by atoms with Gasteiger partial charge in [-0.3, -0.25) is 4.79 Å². The first-order chi connectivity index (χ1) is 13.2. The first-order valence-corrected chi connectivity index (χ1v) is 10.4. The van der Waals surface area contributed by atoms with Crippen molar-refractivity contribution >= 4 is 34.0 Å². The molecule has 142 valence electrons. The van der Waals surface area contributed by atoms with Crippen LogP contribution in [0.2, 0.25) is 0 Å². The predicted molar refractivity (Wildman–Crippen MR) is 108 cm³/mol. The molecule has 0 atom stereocenters. The van der Waals surface area contributed by atoms with Crippen LogP contribution in [-0.4, -0.2) is 23.0 Å². The molecule has 3 aromatic rings. The topological polar surface area (TPSA) is 77.2 Å². The lowest BCUT2D eigenvalue weighted by atomic mass is 10.1. The summed E-state index contributed by atoms with van der Waals surface area (Å²) >= 11 is 2.99. The number of thiazole rings is 1. The van der Waals surface area contributed by atoms with Gasteiger partial charge in [-0.15, -0.1) is 0 Å². The molecule has 0 bridgehead atoms. The second-order valence-corrected chi connectivity index (χ2v) is 7.97. The van der Waals surface area contributed by atoms with Crippen molar-refractivity contribution in [3.63, 3.8) is 0 Å². The Morgan fingerprint density at radius 3 is 2.93 bits per heavy atom. The van der Waals surface area contributed by atoms with E-state index in [4.69, 9.17) is 9.15 Å². The van der Waals surface area contributed by atoms with Crippen LogP contribution >= 0.6 is 23.1 Å². The van der Waals surface area contributed by atoms with Gasteiger partial charge >= 0.3 is 0 Å². The monoisotopic (exact) mass is 403 g/mol. The minimum atomic E-state index is -0.0404. The van der Waals surface area contributed by atoms with Crippen LogP contribution in [0.5, 0.6) is 5.75 Å². The summed E-state index contributed by atoms with van der Waals surface area (Å²) < 4.78 is 11.8. The highest BCUT2D eigenvalue weighted by Crippen LogP contribution is 2.30. The molecule has 0 radical (unpaired) electrons. The molecule has 27 heavy (non-hydrogen) atoms. The van der Waals surface area contributed by atoms with E-state index in [-0.39, 0.29) is 5.91 Å². The molecule has 0 saturated carbocycles. The third-order valence-electron chi connectivity index (χ3n) is 3.83. The van der Waals surface area contributed by atoms with Crippen LogP contribution in [0, 0.1) is 0 Å². The number of para-hydroxylation sites is 1. The normalized spacial score (nSPS) is 10.7. The number of benzene rings is 1. The van der Waals surface area contributed by atoms with Gasteiger partial charge in [0.1, 0.15) is 16.5 Å². The highest BCUT2D eigenvalue weighted by atomic mass is 32.2. The van der Waals surface area contributed by atoms with E-state index >= 15 is 0 Å². The van der Waals surface area contributed by atoms with Crippen LogP contribution < -0.4 is 10.1 Å². The number of carbonyl (C=O) groups is 1. The van der Waals surface area contributed by atoms with E-state index in [2.05, 4.69) is 15.3 Å². The number of ether oxygens (including phenoxy) is 1. The standard InChI is InChI=1S/C19H21N3O3S2/c1-3-14-10-20-17(25-14)12-26-19-21-11-18(27-19)22-16(23)9-8-13-6-4-5-7-15(13)24-2/h4-7,10-11H,3,8-9,12H2,1-2H3,(H,22,23). The summed E-state index contributed by atoms with van der Waals surface area (Å²) in [6, 6.07) is 7.73. The van der Waals surface area contributed by atoms with Crippen molar-refractivity contribution in [3.05, 3.63) is 53.9 Å². The van der Waals surface area contributed by atoms with E-state index in [9.17, 15) is 4.79 Å². The van der Waals surface area contributed by atoms with Crippen LogP contribution in [0.1, 0.15) is 30.6 Å². The number of anilines is 1. The Bertz CT molecular complexity index is 892. The first-order valence-electron chi connectivity index (χ1n) is 8.62. The summed E-state index contributed by atoms with van der Waals surface area (Å²) in [5.41, 5.74) is 1.02. The maximum atomic E-state index is 12.2. The number of nitrogens with one attached hydrogen (secondary N) is 1. The van der Waals surface area contributed by atoms with Gasteiger partial charge in [-0.05, 0) is 18.1 Å². The fraction of sp³-hybridized carbons (Fsp3) is 0.316. The van der Waals surface area contributed by atoms with Gasteiger partial charge in [0.25, 0.3) is 0 Å². The molecule has 1 aromatic carbocycles. The van der Waals surface area contributed by atoms with Crippen LogP contribution in [0.25, 0.3) is 0 Å². The number of rotatable bonds is 9. The molecule has 0 aliphatic rings. The maximum Gasteiger partial charge on any atom is 0.225 e. The Kier molecular flexibility index (Phi) is 6.89. The summed E-state index contributed by atoms with van der Waals surface area (Å²) in [6.45, 7) is 2.03. The molecule has 0 saturated heterocycles. The number of carbonyl (C=O) groups excluding carboxylic acids is 1. The Morgan fingerprint density at radius 2 is 2.15 bits per heavy atom. The third-order valence-corrected chi connectivity index (χ3v) is 5.88. The van der Waals surface area contributed by atoms with Gasteiger partial charge in [0.15, 0.2) is 4.34 Å². The van der Waals surface area contributed by atoms with E-state index < -0.39 is 0 Å². The number of amides is 1. The van der Waals surface area contributed by atoms with Crippen molar-refractivity contribution in [2.75, 3.05) is 12.4 Å². The quantitative estimate of drug-likeness (QED) is 0.528. The molecular weight excluding hydrogens is 382 g/mol. The molecule has 0 aliphatic heterocycles. The Balaban J connectivity index is 1.47. The largest absolute Gasteiger partial charge is 0.496 e. The molecule has 0 spiro atoms. The molecule has 3 rings (SSSR count). The fourth-order valence-corrected chi connectivity index (χ4v) is 4.20. The maximum absolute atomic E-state index is 12.2. The Morgan fingerprint density at radius 1 is 1.30 bits per heavy atom. The summed E-state index contributed by atoms with van der Waals surface area (Å²) in [7, 11) is 1.64. The summed E-state index contributed by atoms with van der Waals surface area (Å²) in [5, 5.41) is 3.65. The average molecular weight is 404 g/mol.